The number of aliphatic hydroxyl groups is 1. The predicted molar refractivity (Wildman–Crippen MR) is 418 cm³/mol. The standard InChI is InChI=1S/C83H140O17P2/c1-5-9-13-17-21-25-29-33-36-37-38-39-42-45-48-52-56-60-64-68-81(86)94-73-78(99-82(87)69-65-61-57-53-49-43-32-28-24-20-16-12-8-4)75-97-101(89,90)95-71-77(84)72-96-102(91,92)98-76-79(100-83(88)70-66-62-58-54-50-46-41-35-31-27-23-19-15-11-7-3)74-93-80(85)67-63-59-55-51-47-44-40-34-30-26-22-18-14-10-6-2/h10,14,16,20-22,25-26,28,32-36,38-41,47,51,59,63,77-79,84H,5-9,11-13,15,17-19,23-24,27,29-31,37,42-46,48-50,52-58,60-62,64-76H2,1-4H3,(H,89,90)(H,91,92)/b14-10-,20-16-,25-21-,26-22-,32-28-,36-33-,39-38-,40-34-,41-35-,51-47-,63-59-. The van der Waals surface area contributed by atoms with Crippen LogP contribution in [0.1, 0.15) is 310 Å². The molecule has 0 amide bonds. The Morgan fingerprint density at radius 3 is 0.941 bits per heavy atom. The first kappa shape index (κ1) is 97.2. The molecule has 5 atom stereocenters. The molecule has 0 aliphatic heterocycles. The summed E-state index contributed by atoms with van der Waals surface area (Å²) in [5.41, 5.74) is 0. The van der Waals surface area contributed by atoms with E-state index in [2.05, 4.69) is 137 Å². The van der Waals surface area contributed by atoms with Crippen molar-refractivity contribution in [1.29, 1.82) is 0 Å². The maximum absolute atomic E-state index is 13.1. The van der Waals surface area contributed by atoms with Gasteiger partial charge in [0.2, 0.25) is 0 Å². The fourth-order valence-electron chi connectivity index (χ4n) is 10.1. The van der Waals surface area contributed by atoms with E-state index in [9.17, 15) is 43.2 Å². The van der Waals surface area contributed by atoms with Crippen molar-refractivity contribution in [2.45, 2.75) is 329 Å². The lowest BCUT2D eigenvalue weighted by Gasteiger charge is -2.21. The van der Waals surface area contributed by atoms with Crippen molar-refractivity contribution in [2.24, 2.45) is 0 Å². The van der Waals surface area contributed by atoms with Crippen molar-refractivity contribution in [3.63, 3.8) is 0 Å². The summed E-state index contributed by atoms with van der Waals surface area (Å²) in [5.74, 6) is -2.36. The van der Waals surface area contributed by atoms with Gasteiger partial charge in [-0.2, -0.15) is 0 Å². The predicted octanol–water partition coefficient (Wildman–Crippen LogP) is 22.9. The van der Waals surface area contributed by atoms with Gasteiger partial charge in [0.05, 0.1) is 32.8 Å². The Hall–Kier alpha value is -4.80. The van der Waals surface area contributed by atoms with Crippen molar-refractivity contribution >= 4 is 39.5 Å². The van der Waals surface area contributed by atoms with Crippen LogP contribution in [0.25, 0.3) is 0 Å². The maximum Gasteiger partial charge on any atom is 0.472 e. The molecule has 0 aliphatic carbocycles. The fourth-order valence-corrected chi connectivity index (χ4v) is 11.7. The van der Waals surface area contributed by atoms with E-state index < -0.39 is 97.5 Å². The molecule has 0 fully saturated rings. The summed E-state index contributed by atoms with van der Waals surface area (Å²) in [6, 6.07) is 0. The number of allylic oxidation sites excluding steroid dienone is 21. The highest BCUT2D eigenvalue weighted by atomic mass is 31.2. The van der Waals surface area contributed by atoms with Crippen molar-refractivity contribution in [3.8, 4) is 0 Å². The summed E-state index contributed by atoms with van der Waals surface area (Å²) in [7, 11) is -9.99. The van der Waals surface area contributed by atoms with Gasteiger partial charge < -0.3 is 33.8 Å². The Morgan fingerprint density at radius 1 is 0.294 bits per heavy atom. The summed E-state index contributed by atoms with van der Waals surface area (Å²) >= 11 is 0. The third-order valence-electron chi connectivity index (χ3n) is 16.1. The van der Waals surface area contributed by atoms with Gasteiger partial charge in [-0.3, -0.25) is 37.3 Å². The summed E-state index contributed by atoms with van der Waals surface area (Å²) in [5, 5.41) is 10.6. The molecule has 0 aliphatic rings. The second-order valence-electron chi connectivity index (χ2n) is 25.9. The zero-order chi connectivity index (χ0) is 74.6. The van der Waals surface area contributed by atoms with Crippen LogP contribution in [0.2, 0.25) is 0 Å². The van der Waals surface area contributed by atoms with Gasteiger partial charge in [0.25, 0.3) is 0 Å². The van der Waals surface area contributed by atoms with E-state index in [1.807, 2.05) is 18.2 Å². The lowest BCUT2D eigenvalue weighted by Crippen LogP contribution is -2.30. The third kappa shape index (κ3) is 73.5. The Balaban J connectivity index is 5.42. The maximum atomic E-state index is 13.1. The molecule has 0 bridgehead atoms. The van der Waals surface area contributed by atoms with Crippen LogP contribution >= 0.6 is 15.6 Å². The highest BCUT2D eigenvalue weighted by molar-refractivity contribution is 7.47. The van der Waals surface area contributed by atoms with Crippen LogP contribution in [0.5, 0.6) is 0 Å². The average molecular weight is 1470 g/mol. The number of phosphoric acid groups is 2. The molecule has 102 heavy (non-hydrogen) atoms. The molecule has 0 aromatic carbocycles. The molecule has 0 heterocycles. The number of hydrogen-bond donors (Lipinski definition) is 3. The molecule has 5 unspecified atom stereocenters. The number of esters is 4. The number of hydrogen-bond acceptors (Lipinski definition) is 15. The third-order valence-corrected chi connectivity index (χ3v) is 18.0. The fraction of sp³-hybridized carbons (Fsp3) is 0.687. The molecule has 0 spiro atoms. The van der Waals surface area contributed by atoms with Crippen molar-refractivity contribution in [1.82, 2.24) is 0 Å². The number of carbonyl (C=O) groups excluding carboxylic acids is 4. The van der Waals surface area contributed by atoms with E-state index in [1.165, 1.54) is 57.8 Å². The minimum absolute atomic E-state index is 0.0628. The monoisotopic (exact) mass is 1470 g/mol. The second-order valence-corrected chi connectivity index (χ2v) is 28.8. The van der Waals surface area contributed by atoms with Gasteiger partial charge in [-0.25, -0.2) is 9.13 Å². The SMILES string of the molecule is CC/C=C\C/C=C\C/C=C\C/C=C\C/C=C\CC(=O)OCC(COP(=O)(O)OCC(O)COP(=O)(O)OCC(COC(=O)CCCCCCCC/C=C\C/C=C\C/C=C\CCCCC)OC(=O)CCCCCCC/C=C\C/C=C\CCC)OC(=O)CCCCCCC/C=C\CCCCCCCC. The second kappa shape index (κ2) is 74.5. The normalized spacial score (nSPS) is 14.6. The lowest BCUT2D eigenvalue weighted by molar-refractivity contribution is -0.161. The van der Waals surface area contributed by atoms with Crippen LogP contribution in [0.3, 0.4) is 0 Å². The molecular weight excluding hydrogens is 1330 g/mol. The van der Waals surface area contributed by atoms with E-state index in [0.717, 1.165) is 173 Å². The van der Waals surface area contributed by atoms with Gasteiger partial charge in [-0.05, 0) is 141 Å². The van der Waals surface area contributed by atoms with Gasteiger partial charge >= 0.3 is 39.5 Å². The minimum Gasteiger partial charge on any atom is -0.462 e. The molecule has 584 valence electrons. The van der Waals surface area contributed by atoms with Crippen LogP contribution < -0.4 is 0 Å². The zero-order valence-electron chi connectivity index (χ0n) is 63.7. The first-order valence-corrected chi connectivity index (χ1v) is 42.4. The summed E-state index contributed by atoms with van der Waals surface area (Å²) in [4.78, 5) is 72.9. The van der Waals surface area contributed by atoms with Crippen LogP contribution in [0, 0.1) is 0 Å². The molecule has 19 heteroatoms. The number of carbonyl (C=O) groups is 4. The van der Waals surface area contributed by atoms with Gasteiger partial charge in [0.1, 0.15) is 19.3 Å². The first-order valence-electron chi connectivity index (χ1n) is 39.4. The molecule has 0 radical (unpaired) electrons. The smallest absolute Gasteiger partial charge is 0.462 e. The van der Waals surface area contributed by atoms with E-state index in [1.54, 1.807) is 6.08 Å². The van der Waals surface area contributed by atoms with Crippen molar-refractivity contribution < 1.29 is 80.2 Å². The molecule has 0 saturated heterocycles. The molecular formula is C83H140O17P2. The number of aliphatic hydroxyl groups excluding tert-OH is 1. The number of rotatable bonds is 73. The van der Waals surface area contributed by atoms with Crippen LogP contribution in [-0.2, 0) is 65.4 Å². The van der Waals surface area contributed by atoms with E-state index in [-0.39, 0.29) is 25.7 Å². The van der Waals surface area contributed by atoms with Crippen LogP contribution in [0.15, 0.2) is 134 Å². The van der Waals surface area contributed by atoms with Gasteiger partial charge in [-0.1, -0.05) is 277 Å². The molecule has 3 N–H and O–H groups in total. The van der Waals surface area contributed by atoms with Crippen molar-refractivity contribution in [3.05, 3.63) is 134 Å². The van der Waals surface area contributed by atoms with Gasteiger partial charge in [0, 0.05) is 19.3 Å². The quantitative estimate of drug-likeness (QED) is 0.0169. The summed E-state index contributed by atoms with van der Waals surface area (Å²) < 4.78 is 68.4. The van der Waals surface area contributed by atoms with E-state index in [4.69, 9.17) is 37.0 Å². The van der Waals surface area contributed by atoms with Crippen LogP contribution in [-0.4, -0.2) is 96.7 Å². The molecule has 0 aromatic heterocycles. The topological polar surface area (TPSA) is 237 Å². The van der Waals surface area contributed by atoms with Crippen molar-refractivity contribution in [2.75, 3.05) is 39.6 Å². The molecule has 0 saturated carbocycles. The van der Waals surface area contributed by atoms with Gasteiger partial charge in [-0.15, -0.1) is 0 Å². The Bertz CT molecular complexity index is 2460. The Labute approximate surface area is 618 Å². The van der Waals surface area contributed by atoms with E-state index in [0.29, 0.717) is 25.7 Å². The molecule has 17 nitrogen and oxygen atoms in total. The Morgan fingerprint density at radius 2 is 0.569 bits per heavy atom. The number of unbranched alkanes of at least 4 members (excludes halogenated alkanes) is 26. The minimum atomic E-state index is -5.00. The number of phosphoric ester groups is 2. The average Bonchev–Trinajstić information content (AvgIpc) is 0.919. The van der Waals surface area contributed by atoms with E-state index >= 15 is 0 Å². The number of ether oxygens (including phenoxy) is 4. The highest BCUT2D eigenvalue weighted by Gasteiger charge is 2.30. The zero-order valence-corrected chi connectivity index (χ0v) is 65.5. The molecule has 0 aromatic rings. The Kier molecular flexibility index (Phi) is 71.0. The summed E-state index contributed by atoms with van der Waals surface area (Å²) in [6.07, 6.45) is 83.2. The molecule has 0 rings (SSSR count). The summed E-state index contributed by atoms with van der Waals surface area (Å²) in [6.45, 7) is 4.51. The van der Waals surface area contributed by atoms with Crippen LogP contribution in [0.4, 0.5) is 0 Å². The highest BCUT2D eigenvalue weighted by Crippen LogP contribution is 2.45. The lowest BCUT2D eigenvalue weighted by atomic mass is 10.1. The first-order chi connectivity index (χ1) is 49.7. The van der Waals surface area contributed by atoms with Gasteiger partial charge in [0.15, 0.2) is 12.2 Å². The largest absolute Gasteiger partial charge is 0.472 e.